The number of phenols is 1. The summed E-state index contributed by atoms with van der Waals surface area (Å²) < 4.78 is 5.52. The molecular formula is C16H12O4. The number of fused-ring (bicyclic) bond motifs is 1. The van der Waals surface area contributed by atoms with E-state index in [1.165, 1.54) is 6.07 Å². The van der Waals surface area contributed by atoms with Gasteiger partial charge in [-0.1, -0.05) is 30.3 Å². The lowest BCUT2D eigenvalue weighted by Gasteiger charge is -2.02. The Morgan fingerprint density at radius 2 is 1.90 bits per heavy atom. The first kappa shape index (κ1) is 12.3. The molecular weight excluding hydrogens is 256 g/mol. The van der Waals surface area contributed by atoms with Crippen LogP contribution in [0.5, 0.6) is 5.75 Å². The lowest BCUT2D eigenvalue weighted by molar-refractivity contribution is -0.136. The fraction of sp³-hybridized carbons (Fsp3) is 0.0625. The number of phenolic OH excluding ortho intramolecular Hbond substituents is 1. The zero-order valence-electron chi connectivity index (χ0n) is 10.5. The molecule has 0 aliphatic heterocycles. The van der Waals surface area contributed by atoms with Crippen LogP contribution < -0.4 is 0 Å². The summed E-state index contributed by atoms with van der Waals surface area (Å²) in [5.74, 6) is -0.929. The summed E-state index contributed by atoms with van der Waals surface area (Å²) in [5, 5.41) is 19.4. The van der Waals surface area contributed by atoms with Gasteiger partial charge in [0.25, 0.3) is 0 Å². The quantitative estimate of drug-likeness (QED) is 0.763. The van der Waals surface area contributed by atoms with Crippen molar-refractivity contribution in [3.8, 4) is 16.9 Å². The monoisotopic (exact) mass is 268 g/mol. The van der Waals surface area contributed by atoms with E-state index in [1.807, 2.05) is 30.3 Å². The highest BCUT2D eigenvalue weighted by Gasteiger charge is 2.15. The van der Waals surface area contributed by atoms with Crippen molar-refractivity contribution in [3.05, 3.63) is 54.3 Å². The number of carboxylic acids is 1. The van der Waals surface area contributed by atoms with Crippen molar-refractivity contribution in [2.45, 2.75) is 6.42 Å². The molecule has 0 unspecified atom stereocenters. The van der Waals surface area contributed by atoms with Crippen molar-refractivity contribution in [1.29, 1.82) is 0 Å². The molecule has 0 radical (unpaired) electrons. The third kappa shape index (κ3) is 2.12. The van der Waals surface area contributed by atoms with Crippen LogP contribution in [0.3, 0.4) is 0 Å². The Labute approximate surface area is 114 Å². The number of aromatic hydroxyl groups is 1. The Morgan fingerprint density at radius 1 is 1.15 bits per heavy atom. The molecule has 0 aliphatic rings. The second-order valence-electron chi connectivity index (χ2n) is 4.57. The van der Waals surface area contributed by atoms with E-state index in [4.69, 9.17) is 9.52 Å². The topological polar surface area (TPSA) is 70.7 Å². The van der Waals surface area contributed by atoms with Gasteiger partial charge in [-0.3, -0.25) is 4.79 Å². The van der Waals surface area contributed by atoms with Gasteiger partial charge in [-0.2, -0.15) is 0 Å². The van der Waals surface area contributed by atoms with Crippen LogP contribution in [0.1, 0.15) is 5.56 Å². The molecule has 0 saturated carbocycles. The van der Waals surface area contributed by atoms with Crippen LogP contribution in [-0.4, -0.2) is 16.2 Å². The highest BCUT2D eigenvalue weighted by molar-refractivity contribution is 5.97. The first-order chi connectivity index (χ1) is 9.65. The Kier molecular flexibility index (Phi) is 2.91. The van der Waals surface area contributed by atoms with Crippen LogP contribution in [0, 0.1) is 0 Å². The van der Waals surface area contributed by atoms with Gasteiger partial charge in [-0.25, -0.2) is 0 Å². The maximum absolute atomic E-state index is 10.9. The second-order valence-corrected chi connectivity index (χ2v) is 4.57. The van der Waals surface area contributed by atoms with Crippen LogP contribution in [-0.2, 0) is 11.2 Å². The Bertz CT molecular complexity index is 772. The van der Waals surface area contributed by atoms with Crippen LogP contribution in [0.25, 0.3) is 22.1 Å². The Morgan fingerprint density at radius 3 is 2.60 bits per heavy atom. The van der Waals surface area contributed by atoms with Gasteiger partial charge in [0.2, 0.25) is 0 Å². The van der Waals surface area contributed by atoms with Crippen molar-refractivity contribution < 1.29 is 19.4 Å². The number of rotatable bonds is 3. The van der Waals surface area contributed by atoms with Crippen molar-refractivity contribution in [3.63, 3.8) is 0 Å². The molecule has 0 bridgehead atoms. The molecule has 1 heterocycles. The first-order valence-corrected chi connectivity index (χ1v) is 6.15. The van der Waals surface area contributed by atoms with Crippen molar-refractivity contribution in [2.24, 2.45) is 0 Å². The summed E-state index contributed by atoms with van der Waals surface area (Å²) in [6, 6.07) is 12.6. The highest BCUT2D eigenvalue weighted by atomic mass is 16.4. The predicted octanol–water partition coefficient (Wildman–Crippen LogP) is 3.43. The molecule has 4 nitrogen and oxygen atoms in total. The van der Waals surface area contributed by atoms with E-state index in [2.05, 4.69) is 0 Å². The van der Waals surface area contributed by atoms with Crippen LogP contribution in [0.2, 0.25) is 0 Å². The fourth-order valence-electron chi connectivity index (χ4n) is 2.33. The smallest absolute Gasteiger partial charge is 0.307 e. The SMILES string of the molecule is O=C(O)Cc1cc(O)cc2c(-c3ccccc3)coc12. The lowest BCUT2D eigenvalue weighted by atomic mass is 10.0. The molecule has 0 saturated heterocycles. The molecule has 0 fully saturated rings. The molecule has 0 spiro atoms. The number of hydrogen-bond acceptors (Lipinski definition) is 3. The summed E-state index contributed by atoms with van der Waals surface area (Å²) in [7, 11) is 0. The second kappa shape index (κ2) is 4.74. The van der Waals surface area contributed by atoms with E-state index in [0.29, 0.717) is 16.5 Å². The third-order valence-corrected chi connectivity index (χ3v) is 3.16. The van der Waals surface area contributed by atoms with Crippen molar-refractivity contribution >= 4 is 16.9 Å². The van der Waals surface area contributed by atoms with Crippen LogP contribution >= 0.6 is 0 Å². The van der Waals surface area contributed by atoms with E-state index in [-0.39, 0.29) is 12.2 Å². The van der Waals surface area contributed by atoms with E-state index < -0.39 is 5.97 Å². The number of carbonyl (C=O) groups is 1. The van der Waals surface area contributed by atoms with Gasteiger partial charge in [0.15, 0.2) is 0 Å². The molecule has 0 atom stereocenters. The van der Waals surface area contributed by atoms with E-state index in [0.717, 1.165) is 11.1 Å². The Balaban J connectivity index is 2.22. The molecule has 1 aromatic heterocycles. The molecule has 20 heavy (non-hydrogen) atoms. The number of benzene rings is 2. The zero-order valence-corrected chi connectivity index (χ0v) is 10.5. The molecule has 4 heteroatoms. The Hall–Kier alpha value is -2.75. The minimum atomic E-state index is -0.963. The maximum atomic E-state index is 10.9. The number of furan rings is 1. The fourth-order valence-corrected chi connectivity index (χ4v) is 2.33. The van der Waals surface area contributed by atoms with Gasteiger partial charge in [-0.15, -0.1) is 0 Å². The summed E-state index contributed by atoms with van der Waals surface area (Å²) in [4.78, 5) is 10.9. The van der Waals surface area contributed by atoms with E-state index >= 15 is 0 Å². The minimum Gasteiger partial charge on any atom is -0.508 e. The molecule has 0 amide bonds. The standard InChI is InChI=1S/C16H12O4/c17-12-6-11(7-15(18)19)16-13(8-12)14(9-20-16)10-4-2-1-3-5-10/h1-6,8-9,17H,7H2,(H,18,19). The van der Waals surface area contributed by atoms with Gasteiger partial charge < -0.3 is 14.6 Å². The van der Waals surface area contributed by atoms with Gasteiger partial charge in [-0.05, 0) is 17.7 Å². The van der Waals surface area contributed by atoms with Gasteiger partial charge >= 0.3 is 5.97 Å². The minimum absolute atomic E-state index is 0.0346. The molecule has 2 aromatic carbocycles. The van der Waals surface area contributed by atoms with E-state index in [1.54, 1.807) is 12.3 Å². The average Bonchev–Trinajstić information content (AvgIpc) is 2.82. The maximum Gasteiger partial charge on any atom is 0.307 e. The van der Waals surface area contributed by atoms with Crippen molar-refractivity contribution in [2.75, 3.05) is 0 Å². The van der Waals surface area contributed by atoms with Gasteiger partial charge in [0.1, 0.15) is 11.3 Å². The summed E-state index contributed by atoms with van der Waals surface area (Å²) in [6.07, 6.45) is 1.40. The third-order valence-electron chi connectivity index (χ3n) is 3.16. The van der Waals surface area contributed by atoms with Crippen LogP contribution in [0.4, 0.5) is 0 Å². The van der Waals surface area contributed by atoms with Gasteiger partial charge in [0.05, 0.1) is 12.7 Å². The molecule has 0 aliphatic carbocycles. The average molecular weight is 268 g/mol. The largest absolute Gasteiger partial charge is 0.508 e. The normalized spacial score (nSPS) is 10.8. The summed E-state index contributed by atoms with van der Waals surface area (Å²) >= 11 is 0. The zero-order chi connectivity index (χ0) is 14.1. The van der Waals surface area contributed by atoms with Crippen LogP contribution in [0.15, 0.2) is 53.1 Å². The van der Waals surface area contributed by atoms with E-state index in [9.17, 15) is 9.90 Å². The number of aliphatic carboxylic acids is 1. The molecule has 3 aromatic rings. The molecule has 2 N–H and O–H groups in total. The summed E-state index contributed by atoms with van der Waals surface area (Å²) in [5.41, 5.74) is 2.76. The summed E-state index contributed by atoms with van der Waals surface area (Å²) in [6.45, 7) is 0. The lowest BCUT2D eigenvalue weighted by Crippen LogP contribution is -2.00. The first-order valence-electron chi connectivity index (χ1n) is 6.15. The highest BCUT2D eigenvalue weighted by Crippen LogP contribution is 2.35. The molecule has 3 rings (SSSR count). The predicted molar refractivity (Wildman–Crippen MR) is 74.7 cm³/mol. The van der Waals surface area contributed by atoms with Gasteiger partial charge in [0, 0.05) is 16.5 Å². The molecule has 100 valence electrons. The number of carboxylic acid groups (broad SMARTS) is 1. The van der Waals surface area contributed by atoms with Crippen molar-refractivity contribution in [1.82, 2.24) is 0 Å². The number of hydrogen-bond donors (Lipinski definition) is 2.